The Bertz CT molecular complexity index is 1080. The Hall–Kier alpha value is -3.61. The number of hydrogen-bond acceptors (Lipinski definition) is 4. The van der Waals surface area contributed by atoms with Gasteiger partial charge in [0.15, 0.2) is 5.88 Å². The molecule has 0 saturated heterocycles. The molecule has 3 aromatic heterocycles. The number of benzene rings is 1. The van der Waals surface area contributed by atoms with Crippen molar-refractivity contribution in [2.24, 2.45) is 5.73 Å². The minimum absolute atomic E-state index is 0.0338. The van der Waals surface area contributed by atoms with E-state index in [2.05, 4.69) is 10.1 Å². The molecule has 0 fully saturated rings. The van der Waals surface area contributed by atoms with Crippen molar-refractivity contribution >= 4 is 11.6 Å². The van der Waals surface area contributed by atoms with Crippen LogP contribution in [0.1, 0.15) is 0 Å². The van der Waals surface area contributed by atoms with Gasteiger partial charge >= 0.3 is 0 Å². The number of nitrogens with zero attached hydrogens (tertiary/aromatic N) is 4. The predicted molar refractivity (Wildman–Crippen MR) is 97.6 cm³/mol. The molecule has 0 unspecified atom stereocenters. The Kier molecular flexibility index (Phi) is 3.89. The first-order chi connectivity index (χ1) is 12.7. The van der Waals surface area contributed by atoms with E-state index in [-0.39, 0.29) is 6.54 Å². The number of primary amides is 1. The van der Waals surface area contributed by atoms with E-state index in [4.69, 9.17) is 10.5 Å². The van der Waals surface area contributed by atoms with Crippen LogP contribution in [-0.4, -0.2) is 32.2 Å². The van der Waals surface area contributed by atoms with Crippen LogP contribution in [-0.2, 0) is 11.3 Å². The third-order valence-electron chi connectivity index (χ3n) is 4.14. The predicted octanol–water partition coefficient (Wildman–Crippen LogP) is 2.36. The molecular weight excluding hydrogens is 330 g/mol. The van der Waals surface area contributed by atoms with Crippen LogP contribution in [0.15, 0.2) is 61.1 Å². The summed E-state index contributed by atoms with van der Waals surface area (Å²) in [6.45, 7) is 0.0338. The first-order valence-electron chi connectivity index (χ1n) is 8.08. The van der Waals surface area contributed by atoms with E-state index >= 15 is 0 Å². The van der Waals surface area contributed by atoms with Gasteiger partial charge in [0, 0.05) is 17.8 Å². The zero-order valence-corrected chi connectivity index (χ0v) is 14.2. The van der Waals surface area contributed by atoms with Crippen LogP contribution < -0.4 is 10.5 Å². The summed E-state index contributed by atoms with van der Waals surface area (Å²) in [5.74, 6) is 0.222. The van der Waals surface area contributed by atoms with Crippen LogP contribution in [0.5, 0.6) is 5.88 Å². The number of amides is 1. The Morgan fingerprint density at radius 1 is 1.12 bits per heavy atom. The van der Waals surface area contributed by atoms with Crippen molar-refractivity contribution in [1.82, 2.24) is 19.2 Å². The largest absolute Gasteiger partial charge is 0.482 e. The van der Waals surface area contributed by atoms with Gasteiger partial charge in [0.25, 0.3) is 0 Å². The zero-order chi connectivity index (χ0) is 18.1. The summed E-state index contributed by atoms with van der Waals surface area (Å²) in [7, 11) is 1.63. The smallest absolute Gasteiger partial charge is 0.239 e. The number of imidazole rings is 1. The molecule has 2 N–H and O–H groups in total. The molecule has 4 aromatic rings. The molecule has 7 nitrogen and oxygen atoms in total. The van der Waals surface area contributed by atoms with Gasteiger partial charge < -0.3 is 10.5 Å². The molecule has 0 bridgehead atoms. The molecule has 26 heavy (non-hydrogen) atoms. The Morgan fingerprint density at radius 3 is 2.65 bits per heavy atom. The van der Waals surface area contributed by atoms with E-state index in [0.717, 1.165) is 28.0 Å². The second-order valence-corrected chi connectivity index (χ2v) is 5.88. The fraction of sp³-hybridized carbons (Fsp3) is 0.105. The van der Waals surface area contributed by atoms with E-state index < -0.39 is 5.91 Å². The van der Waals surface area contributed by atoms with Crippen LogP contribution in [0.3, 0.4) is 0 Å². The van der Waals surface area contributed by atoms with Gasteiger partial charge in [-0.05, 0) is 17.2 Å². The highest BCUT2D eigenvalue weighted by Crippen LogP contribution is 2.30. The molecule has 1 amide bonds. The Balaban J connectivity index is 1.83. The minimum Gasteiger partial charge on any atom is -0.482 e. The van der Waals surface area contributed by atoms with Gasteiger partial charge in [0.1, 0.15) is 12.2 Å². The maximum absolute atomic E-state index is 11.1. The molecule has 0 radical (unpaired) electrons. The molecule has 0 aliphatic rings. The molecule has 1 aromatic carbocycles. The number of hydrogen-bond donors (Lipinski definition) is 1. The van der Waals surface area contributed by atoms with Gasteiger partial charge in [-0.1, -0.05) is 30.3 Å². The lowest BCUT2D eigenvalue weighted by Gasteiger charge is -2.10. The number of aromatic nitrogens is 4. The van der Waals surface area contributed by atoms with Crippen molar-refractivity contribution in [3.63, 3.8) is 0 Å². The quantitative estimate of drug-likeness (QED) is 0.600. The monoisotopic (exact) mass is 347 g/mol. The molecule has 130 valence electrons. The van der Waals surface area contributed by atoms with E-state index in [1.165, 1.54) is 4.68 Å². The zero-order valence-electron chi connectivity index (χ0n) is 14.2. The normalized spacial score (nSPS) is 11.0. The number of pyridine rings is 1. The van der Waals surface area contributed by atoms with E-state index in [0.29, 0.717) is 5.88 Å². The van der Waals surface area contributed by atoms with Crippen molar-refractivity contribution in [3.8, 4) is 28.3 Å². The highest BCUT2D eigenvalue weighted by atomic mass is 16.5. The summed E-state index contributed by atoms with van der Waals surface area (Å²) in [4.78, 5) is 15.6. The number of rotatable bonds is 5. The average molecular weight is 347 g/mol. The van der Waals surface area contributed by atoms with Gasteiger partial charge in [-0.15, -0.1) is 0 Å². The molecule has 4 rings (SSSR count). The lowest BCUT2D eigenvalue weighted by atomic mass is 10.1. The number of methoxy groups -OCH3 is 1. The Morgan fingerprint density at radius 2 is 1.92 bits per heavy atom. The second kappa shape index (κ2) is 6.36. The van der Waals surface area contributed by atoms with Gasteiger partial charge in [-0.25, -0.2) is 4.98 Å². The fourth-order valence-corrected chi connectivity index (χ4v) is 2.97. The van der Waals surface area contributed by atoms with Crippen molar-refractivity contribution in [2.45, 2.75) is 6.54 Å². The maximum Gasteiger partial charge on any atom is 0.239 e. The van der Waals surface area contributed by atoms with E-state index in [9.17, 15) is 4.79 Å². The lowest BCUT2D eigenvalue weighted by molar-refractivity contribution is -0.118. The Labute approximate surface area is 149 Å². The second-order valence-electron chi connectivity index (χ2n) is 5.88. The fourth-order valence-electron chi connectivity index (χ4n) is 2.97. The van der Waals surface area contributed by atoms with Gasteiger partial charge in [-0.2, -0.15) is 5.10 Å². The standard InChI is InChI=1S/C19H17N5O2/c1-26-19-8-14(13-5-3-2-4-6-13)7-18-21-10-16(24(18)19)15-9-22-23(11-15)12-17(20)25/h2-11H,12H2,1H3,(H2,20,25). The van der Waals surface area contributed by atoms with Gasteiger partial charge in [-0.3, -0.25) is 13.9 Å². The molecule has 0 aliphatic carbocycles. The lowest BCUT2D eigenvalue weighted by Crippen LogP contribution is -2.18. The van der Waals surface area contributed by atoms with Crippen molar-refractivity contribution in [3.05, 3.63) is 61.1 Å². The number of carbonyl (C=O) groups excluding carboxylic acids is 1. The summed E-state index contributed by atoms with van der Waals surface area (Å²) in [6, 6.07) is 14.0. The molecular formula is C19H17N5O2. The van der Waals surface area contributed by atoms with Crippen LogP contribution >= 0.6 is 0 Å². The summed E-state index contributed by atoms with van der Waals surface area (Å²) < 4.78 is 9.02. The molecule has 0 atom stereocenters. The third kappa shape index (κ3) is 2.79. The van der Waals surface area contributed by atoms with Crippen molar-refractivity contribution in [2.75, 3.05) is 7.11 Å². The highest BCUT2D eigenvalue weighted by Gasteiger charge is 2.14. The number of nitrogens with two attached hydrogens (primary N) is 1. The highest BCUT2D eigenvalue weighted by molar-refractivity contribution is 5.74. The van der Waals surface area contributed by atoms with Crippen LogP contribution in [0.25, 0.3) is 28.0 Å². The molecule has 7 heteroatoms. The minimum atomic E-state index is -0.442. The van der Waals surface area contributed by atoms with Crippen molar-refractivity contribution in [1.29, 1.82) is 0 Å². The molecule has 0 saturated carbocycles. The summed E-state index contributed by atoms with van der Waals surface area (Å²) >= 11 is 0. The summed E-state index contributed by atoms with van der Waals surface area (Å²) in [5.41, 5.74) is 9.75. The number of carbonyl (C=O) groups is 1. The van der Waals surface area contributed by atoms with E-state index in [1.54, 1.807) is 25.7 Å². The first kappa shape index (κ1) is 15.9. The molecule has 3 heterocycles. The van der Waals surface area contributed by atoms with Crippen LogP contribution in [0.2, 0.25) is 0 Å². The number of fused-ring (bicyclic) bond motifs is 1. The van der Waals surface area contributed by atoms with E-state index in [1.807, 2.05) is 46.9 Å². The average Bonchev–Trinajstić information content (AvgIpc) is 3.27. The number of ether oxygens (including phenoxy) is 1. The van der Waals surface area contributed by atoms with Crippen LogP contribution in [0, 0.1) is 0 Å². The molecule has 0 aliphatic heterocycles. The third-order valence-corrected chi connectivity index (χ3v) is 4.14. The summed E-state index contributed by atoms with van der Waals surface area (Å²) in [6.07, 6.45) is 5.20. The SMILES string of the molecule is COc1cc(-c2ccccc2)cc2ncc(-c3cnn(CC(N)=O)c3)n12. The van der Waals surface area contributed by atoms with Crippen molar-refractivity contribution < 1.29 is 9.53 Å². The molecule has 0 spiro atoms. The summed E-state index contributed by atoms with van der Waals surface area (Å²) in [5, 5.41) is 4.17. The topological polar surface area (TPSA) is 87.4 Å². The van der Waals surface area contributed by atoms with Crippen LogP contribution in [0.4, 0.5) is 0 Å². The van der Waals surface area contributed by atoms with Gasteiger partial charge in [0.2, 0.25) is 5.91 Å². The van der Waals surface area contributed by atoms with Gasteiger partial charge in [0.05, 0.1) is 25.2 Å². The first-order valence-corrected chi connectivity index (χ1v) is 8.08. The maximum atomic E-state index is 11.1.